The zero-order valence-corrected chi connectivity index (χ0v) is 16.2. The highest BCUT2D eigenvalue weighted by Crippen LogP contribution is 2.34. The van der Waals surface area contributed by atoms with Gasteiger partial charge in [0.1, 0.15) is 0 Å². The van der Waals surface area contributed by atoms with Gasteiger partial charge in [0.05, 0.1) is 17.5 Å². The second-order valence-electron chi connectivity index (χ2n) is 6.25. The molecule has 0 saturated heterocycles. The molecule has 7 heteroatoms. The van der Waals surface area contributed by atoms with E-state index in [1.54, 1.807) is 6.07 Å². The molecule has 3 aromatic rings. The maximum absolute atomic E-state index is 6.34. The van der Waals surface area contributed by atoms with Crippen molar-refractivity contribution < 1.29 is 4.74 Å². The molecule has 0 spiro atoms. The predicted molar refractivity (Wildman–Crippen MR) is 108 cm³/mol. The Morgan fingerprint density at radius 1 is 1.08 bits per heavy atom. The summed E-state index contributed by atoms with van der Waals surface area (Å²) >= 11 is 12.3. The summed E-state index contributed by atoms with van der Waals surface area (Å²) in [5.41, 5.74) is 8.37. The van der Waals surface area contributed by atoms with E-state index in [9.17, 15) is 0 Å². The van der Waals surface area contributed by atoms with Crippen LogP contribution in [0.4, 0.5) is 5.95 Å². The molecular weight excluding hydrogens is 371 g/mol. The van der Waals surface area contributed by atoms with Crippen molar-refractivity contribution in [2.24, 2.45) is 0 Å². The summed E-state index contributed by atoms with van der Waals surface area (Å²) in [6.45, 7) is 1.49. The molecule has 0 aliphatic rings. The molecule has 26 heavy (non-hydrogen) atoms. The molecule has 5 nitrogen and oxygen atoms in total. The first kappa shape index (κ1) is 18.7. The summed E-state index contributed by atoms with van der Waals surface area (Å²) < 4.78 is 5.88. The van der Waals surface area contributed by atoms with Crippen molar-refractivity contribution in [3.8, 4) is 17.0 Å². The van der Waals surface area contributed by atoms with Crippen LogP contribution >= 0.6 is 23.2 Å². The Bertz CT molecular complexity index is 931. The van der Waals surface area contributed by atoms with E-state index in [1.165, 1.54) is 0 Å². The third-order valence-electron chi connectivity index (χ3n) is 3.91. The highest BCUT2D eigenvalue weighted by Gasteiger charge is 2.11. The van der Waals surface area contributed by atoms with Crippen molar-refractivity contribution in [3.63, 3.8) is 0 Å². The Balaban J connectivity index is 1.96. The van der Waals surface area contributed by atoms with Gasteiger partial charge in [-0.15, -0.1) is 0 Å². The van der Waals surface area contributed by atoms with Gasteiger partial charge in [-0.25, -0.2) is 4.98 Å². The number of hydrogen-bond donors (Lipinski definition) is 1. The van der Waals surface area contributed by atoms with Crippen LogP contribution < -0.4 is 10.5 Å². The zero-order valence-electron chi connectivity index (χ0n) is 14.7. The van der Waals surface area contributed by atoms with Crippen LogP contribution in [0.25, 0.3) is 22.0 Å². The molecule has 2 aromatic carbocycles. The number of halogens is 2. The monoisotopic (exact) mass is 390 g/mol. The molecule has 0 unspecified atom stereocenters. The molecule has 0 bridgehead atoms. The highest BCUT2D eigenvalue weighted by molar-refractivity contribution is 6.36. The lowest BCUT2D eigenvalue weighted by Crippen LogP contribution is -2.16. The Morgan fingerprint density at radius 2 is 1.88 bits per heavy atom. The van der Waals surface area contributed by atoms with E-state index in [1.807, 2.05) is 44.4 Å². The zero-order chi connectivity index (χ0) is 18.7. The Morgan fingerprint density at radius 3 is 2.62 bits per heavy atom. The highest BCUT2D eigenvalue weighted by atomic mass is 35.5. The number of nitrogen functional groups attached to an aromatic ring is 1. The minimum absolute atomic E-state index is 0.192. The van der Waals surface area contributed by atoms with Gasteiger partial charge in [0, 0.05) is 22.2 Å². The smallest absolute Gasteiger partial charge is 0.226 e. The first-order chi connectivity index (χ1) is 12.4. The first-order valence-electron chi connectivity index (χ1n) is 8.24. The second-order valence-corrected chi connectivity index (χ2v) is 7.09. The van der Waals surface area contributed by atoms with E-state index in [-0.39, 0.29) is 5.95 Å². The molecule has 1 aromatic heterocycles. The number of aromatic nitrogens is 2. The fourth-order valence-electron chi connectivity index (χ4n) is 2.67. The van der Waals surface area contributed by atoms with E-state index in [2.05, 4.69) is 14.9 Å². The lowest BCUT2D eigenvalue weighted by molar-refractivity contribution is 0.276. The topological polar surface area (TPSA) is 64.3 Å². The number of anilines is 1. The van der Waals surface area contributed by atoms with Gasteiger partial charge in [0.15, 0.2) is 0 Å². The lowest BCUT2D eigenvalue weighted by Gasteiger charge is -2.12. The maximum atomic E-state index is 6.34. The molecule has 0 atom stereocenters. The average molecular weight is 391 g/mol. The average Bonchev–Trinajstić information content (AvgIpc) is 2.58. The largest absolute Gasteiger partial charge is 0.477 e. The molecule has 0 aliphatic carbocycles. The summed E-state index contributed by atoms with van der Waals surface area (Å²) in [5.74, 6) is 0.676. The summed E-state index contributed by atoms with van der Waals surface area (Å²) in [6, 6.07) is 11.2. The van der Waals surface area contributed by atoms with Crippen LogP contribution in [0.2, 0.25) is 10.0 Å². The van der Waals surface area contributed by atoms with Gasteiger partial charge in [0.2, 0.25) is 11.8 Å². The van der Waals surface area contributed by atoms with Gasteiger partial charge in [-0.3, -0.25) is 0 Å². The lowest BCUT2D eigenvalue weighted by atomic mass is 10.0. The molecule has 2 N–H and O–H groups in total. The normalized spacial score (nSPS) is 11.3. The van der Waals surface area contributed by atoms with Gasteiger partial charge in [-0.2, -0.15) is 4.98 Å². The van der Waals surface area contributed by atoms with Crippen LogP contribution in [-0.4, -0.2) is 42.1 Å². The van der Waals surface area contributed by atoms with E-state index >= 15 is 0 Å². The van der Waals surface area contributed by atoms with Gasteiger partial charge in [-0.05, 0) is 50.3 Å². The van der Waals surface area contributed by atoms with Crippen molar-refractivity contribution in [1.82, 2.24) is 14.9 Å². The maximum Gasteiger partial charge on any atom is 0.226 e. The molecule has 0 fully saturated rings. The number of hydrogen-bond acceptors (Lipinski definition) is 5. The Kier molecular flexibility index (Phi) is 5.81. The molecule has 0 aliphatic heterocycles. The molecule has 3 rings (SSSR count). The van der Waals surface area contributed by atoms with Crippen molar-refractivity contribution in [1.29, 1.82) is 0 Å². The van der Waals surface area contributed by atoms with Gasteiger partial charge in [-0.1, -0.05) is 35.3 Å². The number of nitrogens with two attached hydrogens (primary N) is 1. The van der Waals surface area contributed by atoms with Crippen LogP contribution in [0.3, 0.4) is 0 Å². The van der Waals surface area contributed by atoms with Gasteiger partial charge < -0.3 is 15.4 Å². The molecule has 136 valence electrons. The van der Waals surface area contributed by atoms with Crippen LogP contribution in [0, 0.1) is 0 Å². The van der Waals surface area contributed by atoms with Crippen LogP contribution in [0.1, 0.15) is 6.42 Å². The Hall–Kier alpha value is -2.08. The SMILES string of the molecule is CN(C)CCCOc1nc(N)nc2ccc(-c3ccc(Cl)cc3Cl)cc12. The van der Waals surface area contributed by atoms with Crippen LogP contribution in [-0.2, 0) is 0 Å². The minimum atomic E-state index is 0.192. The van der Waals surface area contributed by atoms with Crippen LogP contribution in [0.15, 0.2) is 36.4 Å². The number of rotatable bonds is 6. The fraction of sp³-hybridized carbons (Fsp3) is 0.263. The number of ether oxygens (including phenoxy) is 1. The standard InChI is InChI=1S/C19H20Cl2N4O/c1-25(2)8-3-9-26-18-15-10-12(4-7-17(15)23-19(22)24-18)14-6-5-13(20)11-16(14)21/h4-7,10-11H,3,8-9H2,1-2H3,(H2,22,23,24). The van der Waals surface area contributed by atoms with Crippen molar-refractivity contribution in [2.45, 2.75) is 6.42 Å². The quantitative estimate of drug-likeness (QED) is 0.626. The summed E-state index contributed by atoms with van der Waals surface area (Å²) in [5, 5.41) is 1.98. The van der Waals surface area contributed by atoms with Crippen molar-refractivity contribution >= 4 is 40.1 Å². The number of nitrogens with zero attached hydrogens (tertiary/aromatic N) is 3. The predicted octanol–water partition coefficient (Wildman–Crippen LogP) is 4.52. The molecule has 0 saturated carbocycles. The third-order valence-corrected chi connectivity index (χ3v) is 4.46. The van der Waals surface area contributed by atoms with Crippen molar-refractivity contribution in [3.05, 3.63) is 46.4 Å². The summed E-state index contributed by atoms with van der Waals surface area (Å²) in [4.78, 5) is 10.7. The first-order valence-corrected chi connectivity index (χ1v) is 9.00. The molecule has 0 amide bonds. The van der Waals surface area contributed by atoms with Gasteiger partial charge >= 0.3 is 0 Å². The van der Waals surface area contributed by atoms with E-state index < -0.39 is 0 Å². The number of benzene rings is 2. The third kappa shape index (κ3) is 4.36. The van der Waals surface area contributed by atoms with E-state index in [0.717, 1.165) is 35.0 Å². The minimum Gasteiger partial charge on any atom is -0.477 e. The van der Waals surface area contributed by atoms with E-state index in [4.69, 9.17) is 33.7 Å². The van der Waals surface area contributed by atoms with Crippen LogP contribution in [0.5, 0.6) is 5.88 Å². The number of fused-ring (bicyclic) bond motifs is 1. The Labute approximate surface area is 162 Å². The molecule has 0 radical (unpaired) electrons. The van der Waals surface area contributed by atoms with Crippen molar-refractivity contribution in [2.75, 3.05) is 33.0 Å². The molecular formula is C19H20Cl2N4O. The van der Waals surface area contributed by atoms with Gasteiger partial charge in [0.25, 0.3) is 0 Å². The summed E-state index contributed by atoms with van der Waals surface area (Å²) in [7, 11) is 4.06. The molecule has 1 heterocycles. The fourth-order valence-corrected chi connectivity index (χ4v) is 3.19. The summed E-state index contributed by atoms with van der Waals surface area (Å²) in [6.07, 6.45) is 0.890. The second kappa shape index (κ2) is 8.08. The van der Waals surface area contributed by atoms with E-state index in [0.29, 0.717) is 22.5 Å².